The predicted molar refractivity (Wildman–Crippen MR) is 150 cm³/mol. The maximum Gasteiger partial charge on any atom is 0.327 e. The topological polar surface area (TPSA) is 101 Å². The number of carboxylic acid groups (broad SMARTS) is 1. The van der Waals surface area contributed by atoms with E-state index in [0.717, 1.165) is 46.2 Å². The third kappa shape index (κ3) is 5.44. The van der Waals surface area contributed by atoms with Crippen molar-refractivity contribution >= 4 is 40.2 Å². The van der Waals surface area contributed by atoms with E-state index in [2.05, 4.69) is 17.0 Å². The monoisotopic (exact) mass is 533 g/mol. The van der Waals surface area contributed by atoms with Crippen LogP contribution < -0.4 is 14.1 Å². The van der Waals surface area contributed by atoms with Crippen LogP contribution in [0.5, 0.6) is 0 Å². The maximum absolute atomic E-state index is 12.9. The molecule has 3 aromatic carbocycles. The van der Waals surface area contributed by atoms with Crippen molar-refractivity contribution in [3.05, 3.63) is 78.4 Å². The van der Waals surface area contributed by atoms with Gasteiger partial charge in [0.2, 0.25) is 5.91 Å². The fraction of sp³-hybridized carbons (Fsp3) is 0.310. The molecule has 2 unspecified atom stereocenters. The average Bonchev–Trinajstić information content (AvgIpc) is 3.61. The van der Waals surface area contributed by atoms with Crippen LogP contribution in [-0.2, 0) is 27.3 Å². The van der Waals surface area contributed by atoms with Gasteiger partial charge >= 0.3 is 5.97 Å². The van der Waals surface area contributed by atoms with Gasteiger partial charge in [-0.3, -0.25) is 13.7 Å². The first kappa shape index (κ1) is 25.9. The average molecular weight is 534 g/mol. The van der Waals surface area contributed by atoms with Crippen LogP contribution in [0.3, 0.4) is 0 Å². The molecule has 8 nitrogen and oxygen atoms in total. The van der Waals surface area contributed by atoms with E-state index >= 15 is 0 Å². The lowest BCUT2D eigenvalue weighted by Crippen LogP contribution is -2.43. The van der Waals surface area contributed by atoms with E-state index in [9.17, 15) is 23.5 Å². The smallest absolute Gasteiger partial charge is 0.327 e. The summed E-state index contributed by atoms with van der Waals surface area (Å²) in [4.78, 5) is 29.1. The fourth-order valence-corrected chi connectivity index (χ4v) is 6.07. The summed E-state index contributed by atoms with van der Waals surface area (Å²) >= 11 is -2.59. The van der Waals surface area contributed by atoms with Gasteiger partial charge in [-0.15, -0.1) is 0 Å². The van der Waals surface area contributed by atoms with Crippen molar-refractivity contribution < 1.29 is 23.5 Å². The van der Waals surface area contributed by atoms with Crippen LogP contribution in [0.1, 0.15) is 31.2 Å². The van der Waals surface area contributed by atoms with Crippen molar-refractivity contribution in [3.63, 3.8) is 0 Å². The number of carbonyl (C=O) groups excluding carboxylic acids is 1. The Balaban J connectivity index is 1.29. The summed E-state index contributed by atoms with van der Waals surface area (Å²) in [6.07, 6.45) is 3.02. The van der Waals surface area contributed by atoms with Gasteiger partial charge in [0.1, 0.15) is 6.04 Å². The van der Waals surface area contributed by atoms with Crippen molar-refractivity contribution in [1.29, 1.82) is 0 Å². The van der Waals surface area contributed by atoms with E-state index in [0.29, 0.717) is 12.2 Å². The number of carboxylic acids is 1. The van der Waals surface area contributed by atoms with Crippen molar-refractivity contribution in [2.24, 2.45) is 0 Å². The Morgan fingerprint density at radius 3 is 2.16 bits per heavy atom. The highest BCUT2D eigenvalue weighted by Crippen LogP contribution is 2.31. The molecule has 0 aliphatic carbocycles. The van der Waals surface area contributed by atoms with E-state index in [1.54, 1.807) is 17.0 Å². The van der Waals surface area contributed by atoms with E-state index in [1.165, 1.54) is 18.5 Å². The fourth-order valence-electron chi connectivity index (χ4n) is 5.35. The van der Waals surface area contributed by atoms with E-state index < -0.39 is 23.3 Å². The number of benzene rings is 3. The Labute approximate surface area is 224 Å². The molecule has 0 bridgehead atoms. The SMILES string of the molecule is O=C(O)C(CCC(=O)N1CCc2ccccc21)N(c1ccc(-c2ccc(N3CCCC3)cc2)cc1)S(=O)O. The van der Waals surface area contributed by atoms with Crippen LogP contribution in [0.15, 0.2) is 72.8 Å². The molecule has 2 N–H and O–H groups in total. The minimum atomic E-state index is -2.59. The number of amides is 1. The minimum Gasteiger partial charge on any atom is -0.480 e. The molecule has 38 heavy (non-hydrogen) atoms. The zero-order chi connectivity index (χ0) is 26.6. The van der Waals surface area contributed by atoms with Gasteiger partial charge in [0.15, 0.2) is 0 Å². The second kappa shape index (κ2) is 11.4. The molecule has 0 aromatic heterocycles. The summed E-state index contributed by atoms with van der Waals surface area (Å²) in [5, 5.41) is 9.92. The lowest BCUT2D eigenvalue weighted by molar-refractivity contribution is -0.138. The number of rotatable bonds is 9. The number of hydrogen-bond acceptors (Lipinski definition) is 4. The van der Waals surface area contributed by atoms with Gasteiger partial charge in [0.05, 0.1) is 5.69 Å². The molecule has 3 aromatic rings. The molecule has 0 spiro atoms. The number of nitrogens with zero attached hydrogens (tertiary/aromatic N) is 3. The Morgan fingerprint density at radius 1 is 0.895 bits per heavy atom. The van der Waals surface area contributed by atoms with Crippen LogP contribution in [0.2, 0.25) is 0 Å². The number of anilines is 3. The second-order valence-corrected chi connectivity index (χ2v) is 10.5. The first-order valence-electron chi connectivity index (χ1n) is 12.9. The van der Waals surface area contributed by atoms with Crippen molar-refractivity contribution in [2.75, 3.05) is 33.7 Å². The van der Waals surface area contributed by atoms with Crippen LogP contribution >= 0.6 is 0 Å². The molecule has 1 amide bonds. The number of carbonyl (C=O) groups is 2. The summed E-state index contributed by atoms with van der Waals surface area (Å²) in [5.41, 5.74) is 5.34. The molecule has 2 aliphatic heterocycles. The molecule has 2 atom stereocenters. The summed E-state index contributed by atoms with van der Waals surface area (Å²) < 4.78 is 23.3. The van der Waals surface area contributed by atoms with Crippen molar-refractivity contribution in [1.82, 2.24) is 0 Å². The Bertz CT molecular complexity index is 1320. The molecule has 5 rings (SSSR count). The van der Waals surface area contributed by atoms with Gasteiger partial charge in [0, 0.05) is 37.4 Å². The number of fused-ring (bicyclic) bond motifs is 1. The lowest BCUT2D eigenvalue weighted by atomic mass is 10.0. The molecule has 0 radical (unpaired) electrons. The van der Waals surface area contributed by atoms with Gasteiger partial charge in [-0.25, -0.2) is 9.00 Å². The Hall–Kier alpha value is -3.69. The lowest BCUT2D eigenvalue weighted by Gasteiger charge is -2.27. The molecule has 9 heteroatoms. The summed E-state index contributed by atoms with van der Waals surface area (Å²) in [6, 6.07) is 21.5. The zero-order valence-electron chi connectivity index (χ0n) is 21.0. The molecular formula is C29H31N3O5S. The second-order valence-electron chi connectivity index (χ2n) is 9.66. The van der Waals surface area contributed by atoms with Crippen LogP contribution in [0.25, 0.3) is 11.1 Å². The Morgan fingerprint density at radius 2 is 1.53 bits per heavy atom. The third-order valence-corrected chi connectivity index (χ3v) is 8.15. The number of para-hydroxylation sites is 1. The van der Waals surface area contributed by atoms with E-state index in [1.807, 2.05) is 48.5 Å². The molecule has 198 valence electrons. The van der Waals surface area contributed by atoms with E-state index in [4.69, 9.17) is 0 Å². The molecular weight excluding hydrogens is 502 g/mol. The highest BCUT2D eigenvalue weighted by molar-refractivity contribution is 7.80. The van der Waals surface area contributed by atoms with Crippen LogP contribution in [0, 0.1) is 0 Å². The van der Waals surface area contributed by atoms with Gasteiger partial charge in [-0.05, 0) is 72.7 Å². The molecule has 0 saturated carbocycles. The summed E-state index contributed by atoms with van der Waals surface area (Å²) in [7, 11) is 0. The summed E-state index contributed by atoms with van der Waals surface area (Å²) in [5.74, 6) is -1.46. The minimum absolute atomic E-state index is 0.0551. The summed E-state index contributed by atoms with van der Waals surface area (Å²) in [6.45, 7) is 2.69. The number of aliphatic carboxylic acids is 1. The zero-order valence-corrected chi connectivity index (χ0v) is 21.8. The van der Waals surface area contributed by atoms with Gasteiger partial charge in [-0.1, -0.05) is 42.5 Å². The quantitative estimate of drug-likeness (QED) is 0.386. The largest absolute Gasteiger partial charge is 0.480 e. The normalized spacial score (nSPS) is 16.2. The highest BCUT2D eigenvalue weighted by atomic mass is 32.2. The Kier molecular flexibility index (Phi) is 7.76. The first-order valence-corrected chi connectivity index (χ1v) is 14.0. The third-order valence-electron chi connectivity index (χ3n) is 7.35. The van der Waals surface area contributed by atoms with E-state index in [-0.39, 0.29) is 18.7 Å². The van der Waals surface area contributed by atoms with Crippen LogP contribution in [-0.4, -0.2) is 51.4 Å². The molecule has 1 fully saturated rings. The van der Waals surface area contributed by atoms with Crippen molar-refractivity contribution in [2.45, 2.75) is 38.1 Å². The molecule has 2 aliphatic rings. The number of hydrogen-bond donors (Lipinski definition) is 2. The first-order chi connectivity index (χ1) is 18.4. The van der Waals surface area contributed by atoms with Gasteiger partial charge < -0.3 is 14.9 Å². The maximum atomic E-state index is 12.9. The van der Waals surface area contributed by atoms with Crippen molar-refractivity contribution in [3.8, 4) is 11.1 Å². The standard InChI is InChI=1S/C29H31N3O5S/c33-28(31-20-17-23-5-1-2-6-26(23)31)16-15-27(29(34)35)32(38(36)37)25-13-9-22(10-14-25)21-7-11-24(12-8-21)30-18-3-4-19-30/h1-2,5-14,27H,3-4,15-20H2,(H,34,35)(H,36,37). The predicted octanol–water partition coefficient (Wildman–Crippen LogP) is 4.72. The highest BCUT2D eigenvalue weighted by Gasteiger charge is 2.32. The molecule has 1 saturated heterocycles. The molecule has 2 heterocycles. The van der Waals surface area contributed by atoms with Crippen LogP contribution in [0.4, 0.5) is 17.1 Å². The van der Waals surface area contributed by atoms with Gasteiger partial charge in [0.25, 0.3) is 11.3 Å². The van der Waals surface area contributed by atoms with Gasteiger partial charge in [-0.2, -0.15) is 0 Å².